The molecule has 25 heavy (non-hydrogen) atoms. The summed E-state index contributed by atoms with van der Waals surface area (Å²) in [6.07, 6.45) is -1.67. The Kier molecular flexibility index (Phi) is 4.80. The molecule has 1 amide bonds. The summed E-state index contributed by atoms with van der Waals surface area (Å²) in [6, 6.07) is 5.88. The highest BCUT2D eigenvalue weighted by Crippen LogP contribution is 2.29. The highest BCUT2D eigenvalue weighted by molar-refractivity contribution is 5.93. The van der Waals surface area contributed by atoms with Gasteiger partial charge in [0.25, 0.3) is 0 Å². The van der Waals surface area contributed by atoms with Crippen LogP contribution in [-0.2, 0) is 18.3 Å². The van der Waals surface area contributed by atoms with Crippen LogP contribution >= 0.6 is 0 Å². The Morgan fingerprint density at radius 3 is 2.88 bits per heavy atom. The van der Waals surface area contributed by atoms with Gasteiger partial charge in [-0.05, 0) is 23.3 Å². The molecule has 1 fully saturated rings. The molecular weight excluding hydrogens is 333 g/mol. The Labute approximate surface area is 143 Å². The van der Waals surface area contributed by atoms with E-state index in [9.17, 15) is 18.0 Å². The summed E-state index contributed by atoms with van der Waals surface area (Å²) in [4.78, 5) is 12.6. The molecule has 0 radical (unpaired) electrons. The van der Waals surface area contributed by atoms with Crippen molar-refractivity contribution in [3.8, 4) is 0 Å². The van der Waals surface area contributed by atoms with Crippen LogP contribution in [0, 0.1) is 5.92 Å². The lowest BCUT2D eigenvalue weighted by molar-refractivity contribution is -0.127. The fraction of sp³-hybridized carbons (Fsp3) is 0.412. The van der Waals surface area contributed by atoms with Gasteiger partial charge in [-0.3, -0.25) is 9.48 Å². The normalized spacial score (nSPS) is 20.6. The number of halogens is 3. The highest BCUT2D eigenvalue weighted by Gasteiger charge is 2.35. The second-order valence-electron chi connectivity index (χ2n) is 6.30. The summed E-state index contributed by atoms with van der Waals surface area (Å²) in [6.45, 7) is 1.19. The number of aromatic nitrogens is 2. The Morgan fingerprint density at radius 1 is 1.40 bits per heavy atom. The topological polar surface area (TPSA) is 59.0 Å². The molecule has 1 aliphatic heterocycles. The van der Waals surface area contributed by atoms with E-state index in [0.29, 0.717) is 18.8 Å². The van der Waals surface area contributed by atoms with Crippen molar-refractivity contribution in [3.63, 3.8) is 0 Å². The van der Waals surface area contributed by atoms with Crippen LogP contribution in [0.4, 0.5) is 18.9 Å². The van der Waals surface area contributed by atoms with Gasteiger partial charge >= 0.3 is 6.18 Å². The predicted octanol–water partition coefficient (Wildman–Crippen LogP) is 2.47. The van der Waals surface area contributed by atoms with E-state index >= 15 is 0 Å². The van der Waals surface area contributed by atoms with Crippen molar-refractivity contribution in [1.82, 2.24) is 15.1 Å². The zero-order valence-electron chi connectivity index (χ0n) is 13.7. The molecule has 0 bridgehead atoms. The van der Waals surface area contributed by atoms with Crippen LogP contribution in [-0.4, -0.2) is 35.0 Å². The SMILES string of the molecule is Cn1cc([C@H]2CNC[C@@H]2C(=O)Nc2cccc(CC(F)(F)F)c2)cn1. The minimum Gasteiger partial charge on any atom is -0.326 e. The molecule has 8 heteroatoms. The lowest BCUT2D eigenvalue weighted by Gasteiger charge is -2.17. The third-order valence-electron chi connectivity index (χ3n) is 4.30. The Bertz CT molecular complexity index is 756. The number of carbonyl (C=O) groups excluding carboxylic acids is 1. The highest BCUT2D eigenvalue weighted by atomic mass is 19.4. The Morgan fingerprint density at radius 2 is 2.20 bits per heavy atom. The van der Waals surface area contributed by atoms with Gasteiger partial charge in [0, 0.05) is 37.9 Å². The average molecular weight is 352 g/mol. The van der Waals surface area contributed by atoms with Gasteiger partial charge in [-0.1, -0.05) is 12.1 Å². The quantitative estimate of drug-likeness (QED) is 0.889. The first-order valence-corrected chi connectivity index (χ1v) is 7.97. The van der Waals surface area contributed by atoms with Crippen LogP contribution in [0.5, 0.6) is 0 Å². The van der Waals surface area contributed by atoms with Crippen molar-refractivity contribution >= 4 is 11.6 Å². The van der Waals surface area contributed by atoms with E-state index in [1.165, 1.54) is 18.2 Å². The fourth-order valence-corrected chi connectivity index (χ4v) is 3.16. The Hall–Kier alpha value is -2.35. The third kappa shape index (κ3) is 4.39. The fourth-order valence-electron chi connectivity index (χ4n) is 3.16. The van der Waals surface area contributed by atoms with Crippen LogP contribution in [0.2, 0.25) is 0 Å². The van der Waals surface area contributed by atoms with Gasteiger partial charge in [0.1, 0.15) is 0 Å². The van der Waals surface area contributed by atoms with Crippen molar-refractivity contribution in [2.45, 2.75) is 18.5 Å². The number of benzene rings is 1. The lowest BCUT2D eigenvalue weighted by Crippen LogP contribution is -2.28. The minimum absolute atomic E-state index is 0.00735. The van der Waals surface area contributed by atoms with Crippen LogP contribution in [0.3, 0.4) is 0 Å². The van der Waals surface area contributed by atoms with Crippen molar-refractivity contribution in [2.75, 3.05) is 18.4 Å². The molecule has 2 aromatic rings. The maximum Gasteiger partial charge on any atom is 0.393 e. The Balaban J connectivity index is 1.70. The summed E-state index contributed by atoms with van der Waals surface area (Å²) < 4.78 is 39.2. The van der Waals surface area contributed by atoms with Gasteiger partial charge in [-0.15, -0.1) is 0 Å². The summed E-state index contributed by atoms with van der Waals surface area (Å²) in [5, 5.41) is 10.1. The van der Waals surface area contributed by atoms with Crippen LogP contribution in [0.25, 0.3) is 0 Å². The maximum absolute atomic E-state index is 12.6. The molecule has 3 rings (SSSR count). The summed E-state index contributed by atoms with van der Waals surface area (Å²) in [5.74, 6) is -0.509. The smallest absolute Gasteiger partial charge is 0.326 e. The van der Waals surface area contributed by atoms with E-state index in [1.807, 2.05) is 13.2 Å². The molecule has 2 N–H and O–H groups in total. The number of hydrogen-bond donors (Lipinski definition) is 2. The van der Waals surface area contributed by atoms with Gasteiger partial charge in [-0.2, -0.15) is 18.3 Å². The van der Waals surface area contributed by atoms with E-state index in [1.54, 1.807) is 16.9 Å². The number of nitrogens with zero attached hydrogens (tertiary/aromatic N) is 2. The first kappa shape index (κ1) is 17.5. The van der Waals surface area contributed by atoms with Crippen LogP contribution in [0.15, 0.2) is 36.7 Å². The molecule has 2 heterocycles. The van der Waals surface area contributed by atoms with Gasteiger partial charge in [0.2, 0.25) is 5.91 Å². The zero-order valence-corrected chi connectivity index (χ0v) is 13.7. The molecule has 1 aromatic carbocycles. The second-order valence-corrected chi connectivity index (χ2v) is 6.30. The van der Waals surface area contributed by atoms with E-state index in [2.05, 4.69) is 15.7 Å². The van der Waals surface area contributed by atoms with E-state index < -0.39 is 12.6 Å². The molecule has 1 aromatic heterocycles. The largest absolute Gasteiger partial charge is 0.393 e. The molecule has 0 spiro atoms. The number of aryl methyl sites for hydroxylation is 1. The predicted molar refractivity (Wildman–Crippen MR) is 87.1 cm³/mol. The lowest BCUT2D eigenvalue weighted by atomic mass is 9.90. The number of amides is 1. The summed E-state index contributed by atoms with van der Waals surface area (Å²) >= 11 is 0. The minimum atomic E-state index is -4.27. The van der Waals surface area contributed by atoms with E-state index in [4.69, 9.17) is 0 Å². The molecule has 1 aliphatic rings. The first-order chi connectivity index (χ1) is 11.8. The molecule has 134 valence electrons. The van der Waals surface area contributed by atoms with Crippen molar-refractivity contribution < 1.29 is 18.0 Å². The van der Waals surface area contributed by atoms with Crippen molar-refractivity contribution in [1.29, 1.82) is 0 Å². The van der Waals surface area contributed by atoms with E-state index in [-0.39, 0.29) is 23.3 Å². The number of anilines is 1. The molecule has 0 unspecified atom stereocenters. The monoisotopic (exact) mass is 352 g/mol. The molecular formula is C17H19F3N4O. The summed E-state index contributed by atoms with van der Waals surface area (Å²) in [7, 11) is 1.81. The van der Waals surface area contributed by atoms with Gasteiger partial charge in [0.05, 0.1) is 18.5 Å². The summed E-state index contributed by atoms with van der Waals surface area (Å²) in [5.41, 5.74) is 1.47. The molecule has 0 saturated carbocycles. The van der Waals surface area contributed by atoms with Crippen LogP contribution in [0.1, 0.15) is 17.0 Å². The molecule has 1 saturated heterocycles. The molecule has 0 aliphatic carbocycles. The van der Waals surface area contributed by atoms with E-state index in [0.717, 1.165) is 5.56 Å². The van der Waals surface area contributed by atoms with Gasteiger partial charge in [-0.25, -0.2) is 0 Å². The number of hydrogen-bond acceptors (Lipinski definition) is 3. The third-order valence-corrected chi connectivity index (χ3v) is 4.30. The maximum atomic E-state index is 12.6. The van der Waals surface area contributed by atoms with Gasteiger partial charge < -0.3 is 10.6 Å². The molecule has 5 nitrogen and oxygen atoms in total. The second kappa shape index (κ2) is 6.87. The van der Waals surface area contributed by atoms with Crippen LogP contribution < -0.4 is 10.6 Å². The zero-order chi connectivity index (χ0) is 18.0. The molecule has 2 atom stereocenters. The number of carbonyl (C=O) groups is 1. The number of alkyl halides is 3. The first-order valence-electron chi connectivity index (χ1n) is 7.97. The standard InChI is InChI=1S/C17H19F3N4O/c1-24-10-12(7-22-24)14-8-21-9-15(14)16(25)23-13-4-2-3-11(5-13)6-17(18,19)20/h2-5,7,10,14-15,21H,6,8-9H2,1H3,(H,23,25)/t14-,15+/m1/s1. The van der Waals surface area contributed by atoms with Gasteiger partial charge in [0.15, 0.2) is 0 Å². The van der Waals surface area contributed by atoms with Crippen molar-refractivity contribution in [3.05, 3.63) is 47.8 Å². The number of rotatable bonds is 4. The number of nitrogens with one attached hydrogen (secondary N) is 2. The van der Waals surface area contributed by atoms with Crippen molar-refractivity contribution in [2.24, 2.45) is 13.0 Å². The average Bonchev–Trinajstić information content (AvgIpc) is 3.14.